The first-order chi connectivity index (χ1) is 8.13. The van der Waals surface area contributed by atoms with Gasteiger partial charge in [0, 0.05) is 5.69 Å². The van der Waals surface area contributed by atoms with Gasteiger partial charge in [0.2, 0.25) is 0 Å². The van der Waals surface area contributed by atoms with Crippen LogP contribution < -0.4 is 5.32 Å². The summed E-state index contributed by atoms with van der Waals surface area (Å²) in [5, 5.41) is 2.80. The lowest BCUT2D eigenvalue weighted by Gasteiger charge is -2.07. The second-order valence-corrected chi connectivity index (χ2v) is 4.41. The highest BCUT2D eigenvalue weighted by Gasteiger charge is 2.04. The van der Waals surface area contributed by atoms with Crippen molar-refractivity contribution in [2.45, 2.75) is 19.8 Å². The van der Waals surface area contributed by atoms with Crippen LogP contribution in [0, 0.1) is 5.82 Å². The Morgan fingerprint density at radius 1 is 1.53 bits per heavy atom. The zero-order chi connectivity index (χ0) is 12.7. The van der Waals surface area contributed by atoms with Gasteiger partial charge in [-0.25, -0.2) is 4.39 Å². The largest absolute Gasteiger partial charge is 0.464 e. The van der Waals surface area contributed by atoms with Crippen LogP contribution in [0.2, 0.25) is 0 Å². The fourth-order valence-corrected chi connectivity index (χ4v) is 1.41. The molecule has 1 aromatic carbocycles. The highest BCUT2D eigenvalue weighted by Crippen LogP contribution is 2.18. The molecule has 0 aliphatic rings. The Hall–Kier alpha value is -1.10. The summed E-state index contributed by atoms with van der Waals surface area (Å²) in [6.45, 7) is 2.51. The molecule has 1 rings (SSSR count). The molecule has 0 saturated heterocycles. The van der Waals surface area contributed by atoms with E-state index in [0.29, 0.717) is 16.8 Å². The monoisotopic (exact) mass is 303 g/mol. The highest BCUT2D eigenvalue weighted by atomic mass is 79.9. The van der Waals surface area contributed by atoms with Crippen molar-refractivity contribution in [3.8, 4) is 0 Å². The highest BCUT2D eigenvalue weighted by molar-refractivity contribution is 9.10. The molecular weight excluding hydrogens is 289 g/mol. The maximum absolute atomic E-state index is 13.1. The minimum Gasteiger partial charge on any atom is -0.464 e. The van der Waals surface area contributed by atoms with E-state index in [1.165, 1.54) is 6.07 Å². The van der Waals surface area contributed by atoms with Crippen molar-refractivity contribution in [3.05, 3.63) is 28.5 Å². The van der Waals surface area contributed by atoms with E-state index >= 15 is 0 Å². The molecule has 0 bridgehead atoms. The van der Waals surface area contributed by atoms with Gasteiger partial charge in [0.05, 0.1) is 11.1 Å². The van der Waals surface area contributed by atoms with Crippen LogP contribution in [0.15, 0.2) is 22.7 Å². The van der Waals surface area contributed by atoms with Crippen LogP contribution >= 0.6 is 15.9 Å². The molecule has 0 aromatic heterocycles. The van der Waals surface area contributed by atoms with Crippen molar-refractivity contribution in [2.24, 2.45) is 0 Å². The van der Waals surface area contributed by atoms with E-state index in [-0.39, 0.29) is 18.3 Å². The second kappa shape index (κ2) is 7.27. The SMILES string of the molecule is CCCCOC(=O)CNc1ccc(Br)c(F)c1. The van der Waals surface area contributed by atoms with Crippen molar-refractivity contribution in [1.82, 2.24) is 0 Å². The number of benzene rings is 1. The molecule has 0 aliphatic carbocycles. The van der Waals surface area contributed by atoms with E-state index in [2.05, 4.69) is 21.2 Å². The normalized spacial score (nSPS) is 10.1. The number of unbranched alkanes of at least 4 members (excludes halogenated alkanes) is 1. The van der Waals surface area contributed by atoms with Crippen LogP contribution in [-0.2, 0) is 9.53 Å². The quantitative estimate of drug-likeness (QED) is 0.647. The summed E-state index contributed by atoms with van der Waals surface area (Å²) >= 11 is 3.06. The Morgan fingerprint density at radius 3 is 2.94 bits per heavy atom. The van der Waals surface area contributed by atoms with Crippen molar-refractivity contribution in [2.75, 3.05) is 18.5 Å². The molecule has 0 spiro atoms. The number of hydrogen-bond acceptors (Lipinski definition) is 3. The Labute approximate surface area is 108 Å². The summed E-state index contributed by atoms with van der Waals surface area (Å²) in [5.74, 6) is -0.698. The maximum Gasteiger partial charge on any atom is 0.325 e. The van der Waals surface area contributed by atoms with Crippen LogP contribution in [0.3, 0.4) is 0 Å². The molecule has 0 unspecified atom stereocenters. The lowest BCUT2D eigenvalue weighted by atomic mass is 10.3. The molecule has 0 amide bonds. The molecule has 0 aliphatic heterocycles. The average molecular weight is 304 g/mol. The Bertz CT molecular complexity index is 385. The summed E-state index contributed by atoms with van der Waals surface area (Å²) < 4.78 is 18.5. The molecule has 17 heavy (non-hydrogen) atoms. The summed E-state index contributed by atoms with van der Waals surface area (Å²) in [6.07, 6.45) is 1.84. The number of rotatable bonds is 6. The molecule has 3 nitrogen and oxygen atoms in total. The van der Waals surface area contributed by atoms with Crippen molar-refractivity contribution < 1.29 is 13.9 Å². The number of hydrogen-bond donors (Lipinski definition) is 1. The lowest BCUT2D eigenvalue weighted by Crippen LogP contribution is -2.17. The fraction of sp³-hybridized carbons (Fsp3) is 0.417. The standard InChI is InChI=1S/C12H15BrFNO2/c1-2-3-6-17-12(16)8-15-9-4-5-10(13)11(14)7-9/h4-5,7,15H,2-3,6,8H2,1H3. The van der Waals surface area contributed by atoms with Gasteiger partial charge in [-0.3, -0.25) is 4.79 Å². The smallest absolute Gasteiger partial charge is 0.325 e. The van der Waals surface area contributed by atoms with Gasteiger partial charge in [0.25, 0.3) is 0 Å². The minimum absolute atomic E-state index is 0.0464. The zero-order valence-electron chi connectivity index (χ0n) is 9.63. The maximum atomic E-state index is 13.1. The number of carbonyl (C=O) groups is 1. The Kier molecular flexibility index (Phi) is 5.97. The van der Waals surface area contributed by atoms with Gasteiger partial charge < -0.3 is 10.1 Å². The van der Waals surface area contributed by atoms with Crippen molar-refractivity contribution in [3.63, 3.8) is 0 Å². The fourth-order valence-electron chi connectivity index (χ4n) is 1.16. The summed E-state index contributed by atoms with van der Waals surface area (Å²) in [6, 6.07) is 4.59. The van der Waals surface area contributed by atoms with E-state index in [4.69, 9.17) is 4.74 Å². The van der Waals surface area contributed by atoms with Crippen LogP contribution in [0.5, 0.6) is 0 Å². The van der Waals surface area contributed by atoms with E-state index in [0.717, 1.165) is 12.8 Å². The van der Waals surface area contributed by atoms with E-state index < -0.39 is 0 Å². The Balaban J connectivity index is 2.34. The third-order valence-corrected chi connectivity index (χ3v) is 2.76. The van der Waals surface area contributed by atoms with Gasteiger partial charge >= 0.3 is 5.97 Å². The predicted octanol–water partition coefficient (Wildman–Crippen LogP) is 3.34. The van der Waals surface area contributed by atoms with E-state index in [1.807, 2.05) is 6.92 Å². The number of nitrogens with one attached hydrogen (secondary N) is 1. The van der Waals surface area contributed by atoms with Crippen LogP contribution in [0.4, 0.5) is 10.1 Å². The molecule has 0 heterocycles. The third-order valence-electron chi connectivity index (χ3n) is 2.12. The average Bonchev–Trinajstić information content (AvgIpc) is 2.31. The molecule has 0 radical (unpaired) electrons. The Morgan fingerprint density at radius 2 is 2.29 bits per heavy atom. The topological polar surface area (TPSA) is 38.3 Å². The van der Waals surface area contributed by atoms with E-state index in [1.54, 1.807) is 12.1 Å². The predicted molar refractivity (Wildman–Crippen MR) is 68.5 cm³/mol. The summed E-state index contributed by atoms with van der Waals surface area (Å²) in [7, 11) is 0. The first kappa shape index (κ1) is 14.0. The van der Waals surface area contributed by atoms with Crippen LogP contribution in [0.1, 0.15) is 19.8 Å². The molecule has 0 saturated carbocycles. The number of halogens is 2. The zero-order valence-corrected chi connectivity index (χ0v) is 11.2. The first-order valence-corrected chi connectivity index (χ1v) is 6.27. The second-order valence-electron chi connectivity index (χ2n) is 3.56. The molecular formula is C12H15BrFNO2. The van der Waals surface area contributed by atoms with Gasteiger partial charge in [-0.2, -0.15) is 0 Å². The molecule has 1 N–H and O–H groups in total. The minimum atomic E-state index is -0.366. The van der Waals surface area contributed by atoms with Gasteiger partial charge in [-0.15, -0.1) is 0 Å². The number of ether oxygens (including phenoxy) is 1. The van der Waals surface area contributed by atoms with Crippen molar-refractivity contribution >= 4 is 27.6 Å². The van der Waals surface area contributed by atoms with Gasteiger partial charge in [0.1, 0.15) is 12.4 Å². The molecule has 0 atom stereocenters. The molecule has 94 valence electrons. The van der Waals surface area contributed by atoms with Crippen LogP contribution in [0.25, 0.3) is 0 Å². The lowest BCUT2D eigenvalue weighted by molar-refractivity contribution is -0.141. The van der Waals surface area contributed by atoms with Gasteiger partial charge in [-0.05, 0) is 40.5 Å². The molecule has 1 aromatic rings. The number of anilines is 1. The number of carbonyl (C=O) groups excluding carboxylic acids is 1. The summed E-state index contributed by atoms with van der Waals surface area (Å²) in [4.78, 5) is 11.3. The van der Waals surface area contributed by atoms with Gasteiger partial charge in [-0.1, -0.05) is 13.3 Å². The third kappa shape index (κ3) is 5.17. The van der Waals surface area contributed by atoms with Gasteiger partial charge in [0.15, 0.2) is 0 Å². The first-order valence-electron chi connectivity index (χ1n) is 5.48. The van der Waals surface area contributed by atoms with E-state index in [9.17, 15) is 9.18 Å². The summed E-state index contributed by atoms with van der Waals surface area (Å²) in [5.41, 5.74) is 0.554. The van der Waals surface area contributed by atoms with Crippen molar-refractivity contribution in [1.29, 1.82) is 0 Å². The number of esters is 1. The molecule has 0 fully saturated rings. The van der Waals surface area contributed by atoms with Crippen LogP contribution in [-0.4, -0.2) is 19.1 Å². The molecule has 5 heteroatoms.